The highest BCUT2D eigenvalue weighted by molar-refractivity contribution is 7.12. The smallest absolute Gasteiger partial charge is 0.302 e. The zero-order valence-corrected chi connectivity index (χ0v) is 9.39. The molecule has 1 rings (SSSR count). The van der Waals surface area contributed by atoms with E-state index in [9.17, 15) is 9.59 Å². The van der Waals surface area contributed by atoms with Crippen LogP contribution in [0.5, 0.6) is 0 Å². The van der Waals surface area contributed by atoms with Crippen LogP contribution in [-0.4, -0.2) is 18.4 Å². The second kappa shape index (κ2) is 7.26. The molecule has 0 saturated heterocycles. The van der Waals surface area contributed by atoms with Gasteiger partial charge in [0.05, 0.1) is 11.5 Å². The Labute approximate surface area is 87.7 Å². The summed E-state index contributed by atoms with van der Waals surface area (Å²) in [4.78, 5) is 21.2. The van der Waals surface area contributed by atoms with Crippen molar-refractivity contribution in [3.05, 3.63) is 22.4 Å². The summed E-state index contributed by atoms with van der Waals surface area (Å²) in [5, 5.41) is 1.90. The molecule has 1 aromatic heterocycles. The zero-order chi connectivity index (χ0) is 11.0. The predicted molar refractivity (Wildman–Crippen MR) is 56.6 cm³/mol. The third kappa shape index (κ3) is 6.37. The van der Waals surface area contributed by atoms with Gasteiger partial charge in [0.1, 0.15) is 0 Å². The van der Waals surface area contributed by atoms with Crippen molar-refractivity contribution in [1.29, 1.82) is 0 Å². The van der Waals surface area contributed by atoms with Crippen LogP contribution in [0.2, 0.25) is 0 Å². The van der Waals surface area contributed by atoms with E-state index in [1.165, 1.54) is 18.3 Å². The Morgan fingerprint density at radius 1 is 1.43 bits per heavy atom. The number of carbonyl (C=O) groups is 2. The molecule has 0 atom stereocenters. The Morgan fingerprint density at radius 2 is 2.07 bits per heavy atom. The fourth-order valence-corrected chi connectivity index (χ4v) is 1.31. The zero-order valence-electron chi connectivity index (χ0n) is 8.57. The van der Waals surface area contributed by atoms with E-state index < -0.39 is 0 Å². The average molecular weight is 214 g/mol. The predicted octanol–water partition coefficient (Wildman–Crippen LogP) is 2.52. The summed E-state index contributed by atoms with van der Waals surface area (Å²) >= 11 is 1.48. The normalized spacial score (nSPS) is 8.50. The molecule has 0 bridgehead atoms. The highest BCUT2D eigenvalue weighted by Crippen LogP contribution is 2.07. The fraction of sp³-hybridized carbons (Fsp3) is 0.400. The average Bonchev–Trinajstić information content (AvgIpc) is 2.56. The third-order valence-electron chi connectivity index (χ3n) is 1.22. The summed E-state index contributed by atoms with van der Waals surface area (Å²) in [7, 11) is 0. The van der Waals surface area contributed by atoms with Crippen molar-refractivity contribution >= 4 is 23.1 Å². The lowest BCUT2D eigenvalue weighted by Gasteiger charge is -1.89. The van der Waals surface area contributed by atoms with Gasteiger partial charge >= 0.3 is 5.97 Å². The van der Waals surface area contributed by atoms with Crippen LogP contribution >= 0.6 is 11.3 Å². The molecule has 1 aromatic rings. The topological polar surface area (TPSA) is 43.4 Å². The molecule has 0 amide bonds. The van der Waals surface area contributed by atoms with E-state index >= 15 is 0 Å². The minimum absolute atomic E-state index is 0.153. The largest absolute Gasteiger partial charge is 0.466 e. The molecule has 0 saturated carbocycles. The maximum absolute atomic E-state index is 10.5. The molecule has 0 aliphatic carbocycles. The molecule has 3 nitrogen and oxygen atoms in total. The number of rotatable bonds is 2. The number of Topliss-reactive ketones (excluding diaryl/α,β-unsaturated/α-hetero) is 1. The van der Waals surface area contributed by atoms with E-state index in [0.29, 0.717) is 6.61 Å². The summed E-state index contributed by atoms with van der Waals surface area (Å²) < 4.78 is 4.40. The second-order valence-corrected chi connectivity index (χ2v) is 3.41. The van der Waals surface area contributed by atoms with Gasteiger partial charge in [0.15, 0.2) is 5.78 Å². The van der Waals surface area contributed by atoms with Crippen molar-refractivity contribution in [2.24, 2.45) is 0 Å². The highest BCUT2D eigenvalue weighted by Gasteiger charge is 1.95. The summed E-state index contributed by atoms with van der Waals surface area (Å²) in [6.45, 7) is 5.23. The van der Waals surface area contributed by atoms with E-state index in [4.69, 9.17) is 0 Å². The standard InChI is InChI=1S/C6H6OS.C4H8O2/c1-5(7)6-3-2-4-8-6;1-3-6-4(2)5/h2-4H,1H3;3H2,1-2H3. The molecule has 0 aliphatic rings. The molecule has 0 aromatic carbocycles. The van der Waals surface area contributed by atoms with Gasteiger partial charge < -0.3 is 4.74 Å². The number of hydrogen-bond donors (Lipinski definition) is 0. The highest BCUT2D eigenvalue weighted by atomic mass is 32.1. The Bertz CT molecular complexity index is 278. The van der Waals surface area contributed by atoms with Gasteiger partial charge in [0.2, 0.25) is 0 Å². The molecule has 0 radical (unpaired) electrons. The number of thiophene rings is 1. The van der Waals surface area contributed by atoms with E-state index in [1.54, 1.807) is 13.8 Å². The van der Waals surface area contributed by atoms with E-state index in [-0.39, 0.29) is 11.8 Å². The van der Waals surface area contributed by atoms with Gasteiger partial charge in [-0.1, -0.05) is 6.07 Å². The SMILES string of the molecule is CC(=O)c1cccs1.CCOC(C)=O. The molecule has 78 valence electrons. The first kappa shape index (κ1) is 12.8. The quantitative estimate of drug-likeness (QED) is 0.561. The molecule has 14 heavy (non-hydrogen) atoms. The van der Waals surface area contributed by atoms with Crippen molar-refractivity contribution in [3.63, 3.8) is 0 Å². The van der Waals surface area contributed by atoms with Gasteiger partial charge in [-0.05, 0) is 25.3 Å². The minimum atomic E-state index is -0.211. The number of carbonyl (C=O) groups excluding carboxylic acids is 2. The summed E-state index contributed by atoms with van der Waals surface area (Å²) in [6, 6.07) is 3.70. The van der Waals surface area contributed by atoms with Crippen molar-refractivity contribution in [1.82, 2.24) is 0 Å². The molecule has 4 heteroatoms. The van der Waals surface area contributed by atoms with Gasteiger partial charge in [0.25, 0.3) is 0 Å². The molecule has 0 fully saturated rings. The molecule has 1 heterocycles. The van der Waals surface area contributed by atoms with E-state index in [0.717, 1.165) is 4.88 Å². The molecule has 0 N–H and O–H groups in total. The lowest BCUT2D eigenvalue weighted by Crippen LogP contribution is -1.95. The van der Waals surface area contributed by atoms with Crippen molar-refractivity contribution in [3.8, 4) is 0 Å². The summed E-state index contributed by atoms with van der Waals surface area (Å²) in [6.07, 6.45) is 0. The molecular formula is C10H14O3S. The van der Waals surface area contributed by atoms with Crippen LogP contribution in [0.3, 0.4) is 0 Å². The lowest BCUT2D eigenvalue weighted by atomic mass is 10.4. The van der Waals surface area contributed by atoms with Gasteiger partial charge in [-0.2, -0.15) is 0 Å². The second-order valence-electron chi connectivity index (χ2n) is 2.46. The van der Waals surface area contributed by atoms with Crippen LogP contribution in [0.15, 0.2) is 17.5 Å². The fourth-order valence-electron chi connectivity index (χ4n) is 0.682. The summed E-state index contributed by atoms with van der Waals surface area (Å²) in [5.74, 6) is -0.0579. The first-order valence-corrected chi connectivity index (χ1v) is 5.13. The van der Waals surface area contributed by atoms with Crippen LogP contribution in [0.4, 0.5) is 0 Å². The van der Waals surface area contributed by atoms with Crippen LogP contribution in [0.25, 0.3) is 0 Å². The van der Waals surface area contributed by atoms with Crippen molar-refractivity contribution < 1.29 is 14.3 Å². The number of ether oxygens (including phenoxy) is 1. The van der Waals surface area contributed by atoms with Crippen LogP contribution in [0.1, 0.15) is 30.4 Å². The maximum Gasteiger partial charge on any atom is 0.302 e. The minimum Gasteiger partial charge on any atom is -0.466 e. The van der Waals surface area contributed by atoms with Crippen LogP contribution < -0.4 is 0 Å². The van der Waals surface area contributed by atoms with Crippen molar-refractivity contribution in [2.45, 2.75) is 20.8 Å². The monoisotopic (exact) mass is 214 g/mol. The molecular weight excluding hydrogens is 200 g/mol. The molecule has 0 spiro atoms. The number of esters is 1. The van der Waals surface area contributed by atoms with E-state index in [2.05, 4.69) is 4.74 Å². The van der Waals surface area contributed by atoms with Gasteiger partial charge in [-0.15, -0.1) is 11.3 Å². The van der Waals surface area contributed by atoms with E-state index in [1.807, 2.05) is 17.5 Å². The number of hydrogen-bond acceptors (Lipinski definition) is 4. The van der Waals surface area contributed by atoms with Crippen LogP contribution in [0, 0.1) is 0 Å². The Kier molecular flexibility index (Phi) is 6.66. The lowest BCUT2D eigenvalue weighted by molar-refractivity contribution is -0.140. The first-order chi connectivity index (χ1) is 6.57. The third-order valence-corrected chi connectivity index (χ3v) is 2.19. The van der Waals surface area contributed by atoms with Gasteiger partial charge in [-0.3, -0.25) is 9.59 Å². The summed E-state index contributed by atoms with van der Waals surface area (Å²) in [5.41, 5.74) is 0. The first-order valence-electron chi connectivity index (χ1n) is 4.25. The Balaban J connectivity index is 0.000000255. The van der Waals surface area contributed by atoms with Gasteiger partial charge in [0, 0.05) is 6.92 Å². The molecule has 0 aliphatic heterocycles. The maximum atomic E-state index is 10.5. The Morgan fingerprint density at radius 3 is 2.21 bits per heavy atom. The van der Waals surface area contributed by atoms with Crippen molar-refractivity contribution in [2.75, 3.05) is 6.61 Å². The molecule has 0 unspecified atom stereocenters. The Hall–Kier alpha value is -1.16. The van der Waals surface area contributed by atoms with Gasteiger partial charge in [-0.25, -0.2) is 0 Å². The van der Waals surface area contributed by atoms with Crippen LogP contribution in [-0.2, 0) is 9.53 Å². The number of ketones is 1.